The Kier molecular flexibility index (Phi) is 5.95. The fraction of sp³-hybridized carbons (Fsp3) is 0.462. The van der Waals surface area contributed by atoms with Gasteiger partial charge in [-0.2, -0.15) is 0 Å². The molecule has 0 radical (unpaired) electrons. The van der Waals surface area contributed by atoms with Gasteiger partial charge in [0.05, 0.1) is 11.4 Å². The first-order valence-electron chi connectivity index (χ1n) is 6.02. The molecule has 0 aliphatic heterocycles. The van der Waals surface area contributed by atoms with E-state index in [0.29, 0.717) is 18.0 Å². The molecule has 18 heavy (non-hydrogen) atoms. The zero-order chi connectivity index (χ0) is 13.5. The summed E-state index contributed by atoms with van der Waals surface area (Å²) in [5.74, 6) is -0.0127. The van der Waals surface area contributed by atoms with E-state index in [2.05, 4.69) is 10.6 Å². The molecular weight excluding hydrogens is 250 g/mol. The highest BCUT2D eigenvalue weighted by Gasteiger charge is 2.08. The van der Waals surface area contributed by atoms with Gasteiger partial charge in [-0.15, -0.1) is 0 Å². The molecule has 1 amide bonds. The Morgan fingerprint density at radius 2 is 2.11 bits per heavy atom. The largest absolute Gasteiger partial charge is 0.376 e. The van der Waals surface area contributed by atoms with Crippen LogP contribution in [0.3, 0.4) is 0 Å². The van der Waals surface area contributed by atoms with E-state index in [9.17, 15) is 4.79 Å². The standard InChI is InChI=1S/C13H20ClN3O/c1-4-15-8-7-13(18)16-11-9-10(14)5-6-12(11)17(2)3/h5-6,9,15H,4,7-8H2,1-3H3,(H,16,18). The molecule has 0 spiro atoms. The topological polar surface area (TPSA) is 44.4 Å². The minimum absolute atomic E-state index is 0.0127. The van der Waals surface area contributed by atoms with Crippen LogP contribution in [0, 0.1) is 0 Å². The van der Waals surface area contributed by atoms with E-state index in [4.69, 9.17) is 11.6 Å². The van der Waals surface area contributed by atoms with E-state index in [1.165, 1.54) is 0 Å². The van der Waals surface area contributed by atoms with E-state index >= 15 is 0 Å². The van der Waals surface area contributed by atoms with Crippen molar-refractivity contribution >= 4 is 28.9 Å². The Morgan fingerprint density at radius 1 is 1.39 bits per heavy atom. The van der Waals surface area contributed by atoms with Crippen LogP contribution < -0.4 is 15.5 Å². The second-order valence-corrected chi connectivity index (χ2v) is 4.64. The van der Waals surface area contributed by atoms with Gasteiger partial charge in [0.2, 0.25) is 5.91 Å². The minimum atomic E-state index is -0.0127. The van der Waals surface area contributed by atoms with Gasteiger partial charge in [0.15, 0.2) is 0 Å². The average molecular weight is 270 g/mol. The molecule has 0 bridgehead atoms. The minimum Gasteiger partial charge on any atom is -0.376 e. The number of amides is 1. The molecule has 1 aromatic carbocycles. The van der Waals surface area contributed by atoms with Crippen molar-refractivity contribution in [2.45, 2.75) is 13.3 Å². The van der Waals surface area contributed by atoms with Crippen molar-refractivity contribution in [1.29, 1.82) is 0 Å². The van der Waals surface area contributed by atoms with Crippen LogP contribution in [0.1, 0.15) is 13.3 Å². The number of rotatable bonds is 6. The number of anilines is 2. The summed E-state index contributed by atoms with van der Waals surface area (Å²) in [7, 11) is 3.86. The molecule has 1 rings (SSSR count). The third-order valence-electron chi connectivity index (χ3n) is 2.49. The lowest BCUT2D eigenvalue weighted by atomic mass is 10.2. The van der Waals surface area contributed by atoms with Gasteiger partial charge in [-0.1, -0.05) is 18.5 Å². The van der Waals surface area contributed by atoms with E-state index in [1.807, 2.05) is 38.1 Å². The van der Waals surface area contributed by atoms with Crippen LogP contribution >= 0.6 is 11.6 Å². The molecule has 0 aliphatic carbocycles. The number of nitrogens with zero attached hydrogens (tertiary/aromatic N) is 1. The first kappa shape index (κ1) is 14.8. The van der Waals surface area contributed by atoms with Gasteiger partial charge in [-0.3, -0.25) is 4.79 Å². The fourth-order valence-electron chi connectivity index (χ4n) is 1.59. The maximum atomic E-state index is 11.8. The fourth-order valence-corrected chi connectivity index (χ4v) is 1.76. The van der Waals surface area contributed by atoms with Crippen LogP contribution in [0.2, 0.25) is 5.02 Å². The highest BCUT2D eigenvalue weighted by atomic mass is 35.5. The number of nitrogens with one attached hydrogen (secondary N) is 2. The van der Waals surface area contributed by atoms with Crippen LogP contribution in [0.4, 0.5) is 11.4 Å². The summed E-state index contributed by atoms with van der Waals surface area (Å²) in [6, 6.07) is 5.47. The van der Waals surface area contributed by atoms with Crippen LogP contribution in [-0.2, 0) is 4.79 Å². The van der Waals surface area contributed by atoms with Gasteiger partial charge in [0.1, 0.15) is 0 Å². The van der Waals surface area contributed by atoms with Crippen molar-refractivity contribution < 1.29 is 4.79 Å². The lowest BCUT2D eigenvalue weighted by Crippen LogP contribution is -2.22. The number of carbonyl (C=O) groups excluding carboxylic acids is 1. The summed E-state index contributed by atoms with van der Waals surface area (Å²) in [5, 5.41) is 6.62. The molecule has 0 saturated heterocycles. The van der Waals surface area contributed by atoms with Crippen molar-refractivity contribution in [2.75, 3.05) is 37.4 Å². The summed E-state index contributed by atoms with van der Waals surface area (Å²) in [6.07, 6.45) is 0.452. The van der Waals surface area contributed by atoms with Crippen LogP contribution in [-0.4, -0.2) is 33.1 Å². The molecule has 0 atom stereocenters. The molecule has 4 nitrogen and oxygen atoms in total. The van der Waals surface area contributed by atoms with Gasteiger partial charge in [0, 0.05) is 32.1 Å². The lowest BCUT2D eigenvalue weighted by molar-refractivity contribution is -0.116. The highest BCUT2D eigenvalue weighted by molar-refractivity contribution is 6.31. The molecular formula is C13H20ClN3O. The molecule has 5 heteroatoms. The Hall–Kier alpha value is -1.26. The van der Waals surface area contributed by atoms with Gasteiger partial charge in [0.25, 0.3) is 0 Å². The Morgan fingerprint density at radius 3 is 2.72 bits per heavy atom. The number of halogens is 1. The van der Waals surface area contributed by atoms with E-state index in [0.717, 1.165) is 17.9 Å². The summed E-state index contributed by atoms with van der Waals surface area (Å²) in [6.45, 7) is 3.56. The van der Waals surface area contributed by atoms with Crippen LogP contribution in [0.5, 0.6) is 0 Å². The molecule has 0 aliphatic rings. The van der Waals surface area contributed by atoms with Gasteiger partial charge in [-0.25, -0.2) is 0 Å². The van der Waals surface area contributed by atoms with Crippen molar-refractivity contribution in [1.82, 2.24) is 5.32 Å². The number of carbonyl (C=O) groups is 1. The zero-order valence-corrected chi connectivity index (χ0v) is 11.8. The smallest absolute Gasteiger partial charge is 0.225 e. The SMILES string of the molecule is CCNCCC(=O)Nc1cc(Cl)ccc1N(C)C. The first-order chi connectivity index (χ1) is 8.54. The van der Waals surface area contributed by atoms with Crippen molar-refractivity contribution in [3.63, 3.8) is 0 Å². The Bertz CT molecular complexity index is 407. The predicted molar refractivity (Wildman–Crippen MR) is 77.6 cm³/mol. The van der Waals surface area contributed by atoms with Crippen molar-refractivity contribution in [3.05, 3.63) is 23.2 Å². The van der Waals surface area contributed by atoms with Gasteiger partial charge in [-0.05, 0) is 24.7 Å². The summed E-state index contributed by atoms with van der Waals surface area (Å²) in [5.41, 5.74) is 1.69. The normalized spacial score (nSPS) is 10.2. The average Bonchev–Trinajstić information content (AvgIpc) is 2.29. The number of benzene rings is 1. The quantitative estimate of drug-likeness (QED) is 0.779. The maximum absolute atomic E-state index is 11.8. The van der Waals surface area contributed by atoms with Gasteiger partial charge >= 0.3 is 0 Å². The van der Waals surface area contributed by atoms with Crippen LogP contribution in [0.25, 0.3) is 0 Å². The summed E-state index contributed by atoms with van der Waals surface area (Å²) >= 11 is 5.95. The highest BCUT2D eigenvalue weighted by Crippen LogP contribution is 2.27. The number of hydrogen-bond acceptors (Lipinski definition) is 3. The first-order valence-corrected chi connectivity index (χ1v) is 6.39. The maximum Gasteiger partial charge on any atom is 0.225 e. The second-order valence-electron chi connectivity index (χ2n) is 4.21. The molecule has 0 aromatic heterocycles. The third kappa shape index (κ3) is 4.55. The Balaban J connectivity index is 2.70. The molecule has 2 N–H and O–H groups in total. The molecule has 100 valence electrons. The van der Waals surface area contributed by atoms with Crippen LogP contribution in [0.15, 0.2) is 18.2 Å². The molecule has 0 saturated carbocycles. The predicted octanol–water partition coefficient (Wildman–Crippen LogP) is 2.34. The summed E-state index contributed by atoms with van der Waals surface area (Å²) < 4.78 is 0. The van der Waals surface area contributed by atoms with E-state index < -0.39 is 0 Å². The zero-order valence-electron chi connectivity index (χ0n) is 11.1. The second kappa shape index (κ2) is 7.24. The molecule has 0 fully saturated rings. The summed E-state index contributed by atoms with van der Waals surface area (Å²) in [4.78, 5) is 13.7. The monoisotopic (exact) mass is 269 g/mol. The molecule has 0 heterocycles. The Labute approximate surface area is 113 Å². The molecule has 1 aromatic rings. The van der Waals surface area contributed by atoms with E-state index in [-0.39, 0.29) is 5.91 Å². The van der Waals surface area contributed by atoms with Gasteiger partial charge < -0.3 is 15.5 Å². The van der Waals surface area contributed by atoms with E-state index in [1.54, 1.807) is 6.07 Å². The molecule has 0 unspecified atom stereocenters. The van der Waals surface area contributed by atoms with Crippen molar-refractivity contribution in [3.8, 4) is 0 Å². The number of hydrogen-bond donors (Lipinski definition) is 2. The third-order valence-corrected chi connectivity index (χ3v) is 2.73. The van der Waals surface area contributed by atoms with Crippen molar-refractivity contribution in [2.24, 2.45) is 0 Å². The lowest BCUT2D eigenvalue weighted by Gasteiger charge is -2.18.